The van der Waals surface area contributed by atoms with E-state index in [1.807, 2.05) is 6.07 Å². The summed E-state index contributed by atoms with van der Waals surface area (Å²) in [5.74, 6) is 0.899. The van der Waals surface area contributed by atoms with Crippen LogP contribution in [0.2, 0.25) is 0 Å². The molecule has 0 bridgehead atoms. The first-order valence-corrected chi connectivity index (χ1v) is 6.79. The largest absolute Gasteiger partial charge is 0.405 e. The maximum atomic E-state index is 12.6. The fourth-order valence-electron chi connectivity index (χ4n) is 1.90. The predicted molar refractivity (Wildman–Crippen MR) is 74.7 cm³/mol. The average Bonchev–Trinajstić information content (AvgIpc) is 2.35. The van der Waals surface area contributed by atoms with Gasteiger partial charge in [-0.3, -0.25) is 0 Å². The molecule has 1 N–H and O–H groups in total. The summed E-state index contributed by atoms with van der Waals surface area (Å²) in [7, 11) is 0. The van der Waals surface area contributed by atoms with Crippen molar-refractivity contribution in [3.8, 4) is 0 Å². The Kier molecular flexibility index (Phi) is 6.26. The highest BCUT2D eigenvalue weighted by molar-refractivity contribution is 5.46. The minimum Gasteiger partial charge on any atom is -0.348 e. The van der Waals surface area contributed by atoms with Gasteiger partial charge in [-0.05, 0) is 25.5 Å². The summed E-state index contributed by atoms with van der Waals surface area (Å²) in [5.41, 5.74) is 0.791. The van der Waals surface area contributed by atoms with Crippen LogP contribution in [0.15, 0.2) is 18.3 Å². The van der Waals surface area contributed by atoms with Crippen LogP contribution in [-0.4, -0.2) is 30.8 Å². The van der Waals surface area contributed by atoms with Crippen LogP contribution in [0.4, 0.5) is 19.0 Å². The van der Waals surface area contributed by atoms with E-state index in [1.165, 1.54) is 11.1 Å². The lowest BCUT2D eigenvalue weighted by molar-refractivity contribution is -0.119. The maximum Gasteiger partial charge on any atom is 0.405 e. The molecule has 0 spiro atoms. The first-order valence-electron chi connectivity index (χ1n) is 6.79. The lowest BCUT2D eigenvalue weighted by atomic mass is 10.2. The van der Waals surface area contributed by atoms with Gasteiger partial charge in [-0.1, -0.05) is 19.9 Å². The third-order valence-corrected chi connectivity index (χ3v) is 2.79. The van der Waals surface area contributed by atoms with Crippen molar-refractivity contribution in [3.63, 3.8) is 0 Å². The third-order valence-electron chi connectivity index (χ3n) is 2.79. The Balaban J connectivity index is 2.81. The quantitative estimate of drug-likeness (QED) is 0.835. The van der Waals surface area contributed by atoms with Gasteiger partial charge in [0.1, 0.15) is 12.4 Å². The van der Waals surface area contributed by atoms with E-state index in [9.17, 15) is 13.2 Å². The monoisotopic (exact) mass is 289 g/mol. The smallest absolute Gasteiger partial charge is 0.348 e. The van der Waals surface area contributed by atoms with Crippen molar-refractivity contribution in [1.82, 2.24) is 10.3 Å². The Morgan fingerprint density at radius 2 is 2.05 bits per heavy atom. The second kappa shape index (κ2) is 7.47. The number of aromatic nitrogens is 1. The number of hydrogen-bond acceptors (Lipinski definition) is 3. The Hall–Kier alpha value is -1.30. The second-order valence-electron chi connectivity index (χ2n) is 5.14. The molecule has 1 aromatic rings. The zero-order valence-corrected chi connectivity index (χ0v) is 12.2. The first-order chi connectivity index (χ1) is 9.33. The number of nitrogens with one attached hydrogen (secondary N) is 1. The van der Waals surface area contributed by atoms with E-state index in [1.54, 1.807) is 13.0 Å². The number of alkyl halides is 3. The Bertz CT molecular complexity index is 405. The summed E-state index contributed by atoms with van der Waals surface area (Å²) in [5, 5.41) is 3.24. The van der Waals surface area contributed by atoms with Crippen molar-refractivity contribution in [2.45, 2.75) is 33.5 Å². The van der Waals surface area contributed by atoms with E-state index in [2.05, 4.69) is 24.1 Å². The Morgan fingerprint density at radius 1 is 1.35 bits per heavy atom. The summed E-state index contributed by atoms with van der Waals surface area (Å²) in [4.78, 5) is 5.37. The number of hydrogen-bond donors (Lipinski definition) is 1. The highest BCUT2D eigenvalue weighted by atomic mass is 19.4. The van der Waals surface area contributed by atoms with E-state index >= 15 is 0 Å². The molecule has 20 heavy (non-hydrogen) atoms. The molecule has 0 fully saturated rings. The van der Waals surface area contributed by atoms with Gasteiger partial charge >= 0.3 is 6.18 Å². The summed E-state index contributed by atoms with van der Waals surface area (Å²) in [6.45, 7) is 6.50. The van der Waals surface area contributed by atoms with Gasteiger partial charge in [0.2, 0.25) is 0 Å². The van der Waals surface area contributed by atoms with Gasteiger partial charge in [0.25, 0.3) is 0 Å². The highest BCUT2D eigenvalue weighted by Crippen LogP contribution is 2.23. The third kappa shape index (κ3) is 5.77. The summed E-state index contributed by atoms with van der Waals surface area (Å²) >= 11 is 0. The van der Waals surface area contributed by atoms with E-state index in [-0.39, 0.29) is 6.54 Å². The lowest BCUT2D eigenvalue weighted by Gasteiger charge is -2.25. The molecule has 0 unspecified atom stereocenters. The molecule has 0 saturated heterocycles. The molecule has 6 heteroatoms. The average molecular weight is 289 g/mol. The summed E-state index contributed by atoms with van der Waals surface area (Å²) in [6.07, 6.45) is -2.70. The van der Waals surface area contributed by atoms with Crippen LogP contribution >= 0.6 is 0 Å². The van der Waals surface area contributed by atoms with Crippen molar-refractivity contribution in [2.75, 3.05) is 24.5 Å². The van der Waals surface area contributed by atoms with Crippen LogP contribution < -0.4 is 10.2 Å². The molecule has 1 aromatic heterocycles. The molecule has 1 rings (SSSR count). The number of halogens is 3. The van der Waals surface area contributed by atoms with Gasteiger partial charge in [0, 0.05) is 24.8 Å². The topological polar surface area (TPSA) is 28.2 Å². The molecular weight excluding hydrogens is 267 g/mol. The maximum absolute atomic E-state index is 12.6. The van der Waals surface area contributed by atoms with E-state index in [0.717, 1.165) is 12.1 Å². The van der Waals surface area contributed by atoms with Crippen LogP contribution in [0.5, 0.6) is 0 Å². The van der Waals surface area contributed by atoms with Crippen LogP contribution in [0.1, 0.15) is 26.3 Å². The van der Waals surface area contributed by atoms with Crippen molar-refractivity contribution >= 4 is 5.82 Å². The minimum absolute atomic E-state index is 0.272. The molecule has 1 heterocycles. The van der Waals surface area contributed by atoms with Crippen molar-refractivity contribution in [3.05, 3.63) is 23.9 Å². The van der Waals surface area contributed by atoms with Crippen molar-refractivity contribution in [2.24, 2.45) is 5.92 Å². The lowest BCUT2D eigenvalue weighted by Crippen LogP contribution is -2.35. The molecule has 0 aliphatic heterocycles. The van der Waals surface area contributed by atoms with Crippen LogP contribution in [0.3, 0.4) is 0 Å². The Morgan fingerprint density at radius 3 is 2.60 bits per heavy atom. The molecule has 0 aromatic carbocycles. The van der Waals surface area contributed by atoms with Gasteiger partial charge < -0.3 is 10.2 Å². The number of anilines is 1. The SMILES string of the molecule is CCN(CC(F)(F)F)c1ncccc1CNCC(C)C. The van der Waals surface area contributed by atoms with E-state index in [4.69, 9.17) is 0 Å². The molecule has 0 amide bonds. The van der Waals surface area contributed by atoms with Crippen molar-refractivity contribution in [1.29, 1.82) is 0 Å². The first kappa shape index (κ1) is 16.8. The number of pyridine rings is 1. The molecule has 0 radical (unpaired) electrons. The van der Waals surface area contributed by atoms with Gasteiger partial charge in [0.05, 0.1) is 0 Å². The van der Waals surface area contributed by atoms with E-state index < -0.39 is 12.7 Å². The van der Waals surface area contributed by atoms with Gasteiger partial charge in [-0.2, -0.15) is 13.2 Å². The highest BCUT2D eigenvalue weighted by Gasteiger charge is 2.31. The van der Waals surface area contributed by atoms with Crippen molar-refractivity contribution < 1.29 is 13.2 Å². The summed E-state index contributed by atoms with van der Waals surface area (Å²) in [6, 6.07) is 3.56. The van der Waals surface area contributed by atoms with Crippen LogP contribution in [0.25, 0.3) is 0 Å². The number of nitrogens with zero attached hydrogens (tertiary/aromatic N) is 2. The fourth-order valence-corrected chi connectivity index (χ4v) is 1.90. The Labute approximate surface area is 118 Å². The van der Waals surface area contributed by atoms with Gasteiger partial charge in [0.15, 0.2) is 0 Å². The molecule has 3 nitrogen and oxygen atoms in total. The number of rotatable bonds is 7. The zero-order chi connectivity index (χ0) is 15.2. The molecule has 0 atom stereocenters. The molecule has 114 valence electrons. The minimum atomic E-state index is -4.23. The zero-order valence-electron chi connectivity index (χ0n) is 12.2. The van der Waals surface area contributed by atoms with Crippen LogP contribution in [-0.2, 0) is 6.54 Å². The fraction of sp³-hybridized carbons (Fsp3) is 0.643. The predicted octanol–water partition coefficient (Wildman–Crippen LogP) is 3.22. The second-order valence-corrected chi connectivity index (χ2v) is 5.14. The standard InChI is InChI=1S/C14H22F3N3/c1-4-20(10-14(15,16)17)13-12(6-5-7-19-13)9-18-8-11(2)3/h5-7,11,18H,4,8-10H2,1-3H3. The van der Waals surface area contributed by atoms with Gasteiger partial charge in [-0.15, -0.1) is 0 Å². The van der Waals surface area contributed by atoms with E-state index in [0.29, 0.717) is 18.3 Å². The molecule has 0 aliphatic carbocycles. The van der Waals surface area contributed by atoms with Gasteiger partial charge in [-0.25, -0.2) is 4.98 Å². The molecule has 0 saturated carbocycles. The van der Waals surface area contributed by atoms with Crippen LogP contribution in [0, 0.1) is 5.92 Å². The molecular formula is C14H22F3N3. The normalized spacial score (nSPS) is 11.9. The summed E-state index contributed by atoms with van der Waals surface area (Å²) < 4.78 is 37.7. The molecule has 0 aliphatic rings.